The van der Waals surface area contributed by atoms with Gasteiger partial charge in [-0.25, -0.2) is 0 Å². The van der Waals surface area contributed by atoms with Crippen LogP contribution >= 0.6 is 0 Å². The van der Waals surface area contributed by atoms with Gasteiger partial charge < -0.3 is 9.84 Å². The number of carbonyl (C=O) groups is 1. The van der Waals surface area contributed by atoms with Gasteiger partial charge in [0.05, 0.1) is 0 Å². The molecule has 1 amide bonds. The molecule has 0 radical (unpaired) electrons. The Hall–Kier alpha value is -3.14. The normalized spacial score (nSPS) is 11.5. The van der Waals surface area contributed by atoms with Crippen molar-refractivity contribution in [2.45, 2.75) is 33.6 Å². The molecule has 2 aromatic carbocycles. The van der Waals surface area contributed by atoms with Crippen LogP contribution in [-0.2, 0) is 0 Å². The third-order valence-corrected chi connectivity index (χ3v) is 4.58. The van der Waals surface area contributed by atoms with E-state index in [1.165, 1.54) is 11.1 Å². The predicted octanol–water partition coefficient (Wildman–Crippen LogP) is 5.92. The van der Waals surface area contributed by atoms with E-state index in [4.69, 9.17) is 4.52 Å². The van der Waals surface area contributed by atoms with Crippen molar-refractivity contribution in [1.82, 2.24) is 10.5 Å². The number of aromatic nitrogens is 1. The minimum absolute atomic E-state index is 0.232. The van der Waals surface area contributed by atoms with Gasteiger partial charge in [0.15, 0.2) is 11.5 Å². The first-order chi connectivity index (χ1) is 13.5. The third kappa shape index (κ3) is 5.19. The Kier molecular flexibility index (Phi) is 6.43. The zero-order chi connectivity index (χ0) is 19.9. The lowest BCUT2D eigenvalue weighted by Gasteiger charge is -2.01. The van der Waals surface area contributed by atoms with Crippen LogP contribution in [0.1, 0.15) is 44.1 Å². The molecule has 0 unspecified atom stereocenters. The SMILES string of the molecule is CC(C)=CCC/C(C)=C/CNC(=O)c1cc(-c2ccc3ccccc3c2)on1. The zero-order valence-corrected chi connectivity index (χ0v) is 16.7. The first-order valence-corrected chi connectivity index (χ1v) is 9.56. The number of allylic oxidation sites excluding steroid dienone is 3. The van der Waals surface area contributed by atoms with Gasteiger partial charge in [-0.15, -0.1) is 0 Å². The number of rotatable bonds is 7. The maximum atomic E-state index is 12.3. The Balaban J connectivity index is 1.60. The van der Waals surface area contributed by atoms with Crippen LogP contribution in [0.4, 0.5) is 0 Å². The summed E-state index contributed by atoms with van der Waals surface area (Å²) in [5.74, 6) is 0.355. The van der Waals surface area contributed by atoms with Crippen LogP contribution in [0.2, 0.25) is 0 Å². The van der Waals surface area contributed by atoms with Crippen molar-refractivity contribution in [3.05, 3.63) is 77.5 Å². The Bertz CT molecular complexity index is 1020. The first kappa shape index (κ1) is 19.6. The third-order valence-electron chi connectivity index (χ3n) is 4.58. The molecule has 144 valence electrons. The number of nitrogens with zero attached hydrogens (tertiary/aromatic N) is 1. The lowest BCUT2D eigenvalue weighted by Crippen LogP contribution is -2.23. The Morgan fingerprint density at radius 2 is 1.82 bits per heavy atom. The highest BCUT2D eigenvalue weighted by atomic mass is 16.5. The molecule has 0 saturated carbocycles. The van der Waals surface area contributed by atoms with Crippen molar-refractivity contribution in [1.29, 1.82) is 0 Å². The van der Waals surface area contributed by atoms with E-state index in [1.54, 1.807) is 6.07 Å². The lowest BCUT2D eigenvalue weighted by atomic mass is 10.1. The van der Waals surface area contributed by atoms with Crippen molar-refractivity contribution in [2.75, 3.05) is 6.54 Å². The molecular weight excluding hydrogens is 348 g/mol. The van der Waals surface area contributed by atoms with Gasteiger partial charge in [-0.05, 0) is 50.5 Å². The van der Waals surface area contributed by atoms with Gasteiger partial charge in [0.1, 0.15) is 0 Å². The molecule has 0 saturated heterocycles. The fourth-order valence-corrected chi connectivity index (χ4v) is 2.96. The van der Waals surface area contributed by atoms with Gasteiger partial charge in [-0.1, -0.05) is 64.9 Å². The highest BCUT2D eigenvalue weighted by Crippen LogP contribution is 2.25. The monoisotopic (exact) mass is 374 g/mol. The van der Waals surface area contributed by atoms with E-state index in [0.717, 1.165) is 29.2 Å². The van der Waals surface area contributed by atoms with Crippen LogP contribution in [-0.4, -0.2) is 17.6 Å². The molecule has 0 spiro atoms. The molecule has 1 heterocycles. The number of nitrogens with one attached hydrogen (secondary N) is 1. The zero-order valence-electron chi connectivity index (χ0n) is 16.7. The summed E-state index contributed by atoms with van der Waals surface area (Å²) < 4.78 is 5.39. The number of carbonyl (C=O) groups excluding carboxylic acids is 1. The van der Waals surface area contributed by atoms with Crippen molar-refractivity contribution in [3.8, 4) is 11.3 Å². The Morgan fingerprint density at radius 1 is 1.04 bits per heavy atom. The van der Waals surface area contributed by atoms with Crippen LogP contribution in [0.3, 0.4) is 0 Å². The predicted molar refractivity (Wildman–Crippen MR) is 114 cm³/mol. The van der Waals surface area contributed by atoms with Gasteiger partial charge in [0, 0.05) is 18.2 Å². The summed E-state index contributed by atoms with van der Waals surface area (Å²) >= 11 is 0. The molecule has 1 N–H and O–H groups in total. The standard InChI is InChI=1S/C24H26N2O2/c1-17(2)7-6-8-18(3)13-14-25-24(27)22-16-23(28-26-22)21-12-11-19-9-4-5-10-20(19)15-21/h4-5,7,9-13,15-16H,6,8,14H2,1-3H3,(H,25,27)/b18-13+. The molecule has 0 aliphatic heterocycles. The van der Waals surface area contributed by atoms with Crippen LogP contribution in [0.15, 0.2) is 76.4 Å². The molecule has 4 heteroatoms. The van der Waals surface area contributed by atoms with Gasteiger partial charge in [-0.2, -0.15) is 0 Å². The number of amides is 1. The molecule has 0 atom stereocenters. The number of hydrogen-bond acceptors (Lipinski definition) is 3. The van der Waals surface area contributed by atoms with E-state index in [2.05, 4.69) is 49.5 Å². The van der Waals surface area contributed by atoms with Gasteiger partial charge in [-0.3, -0.25) is 4.79 Å². The summed E-state index contributed by atoms with van der Waals surface area (Å²) in [6, 6.07) is 15.9. The highest BCUT2D eigenvalue weighted by Gasteiger charge is 2.13. The number of fused-ring (bicyclic) bond motifs is 1. The maximum absolute atomic E-state index is 12.3. The second-order valence-electron chi connectivity index (χ2n) is 7.22. The Morgan fingerprint density at radius 3 is 2.61 bits per heavy atom. The quantitative estimate of drug-likeness (QED) is 0.522. The molecule has 28 heavy (non-hydrogen) atoms. The van der Waals surface area contributed by atoms with E-state index < -0.39 is 0 Å². The second kappa shape index (κ2) is 9.18. The Labute approximate surface area is 165 Å². The van der Waals surface area contributed by atoms with E-state index in [1.807, 2.05) is 36.4 Å². The second-order valence-corrected chi connectivity index (χ2v) is 7.22. The minimum Gasteiger partial charge on any atom is -0.355 e. The van der Waals surface area contributed by atoms with E-state index >= 15 is 0 Å². The molecule has 0 aliphatic rings. The summed E-state index contributed by atoms with van der Waals surface area (Å²) in [5, 5.41) is 9.08. The summed E-state index contributed by atoms with van der Waals surface area (Å²) in [4.78, 5) is 12.3. The van der Waals surface area contributed by atoms with Crippen LogP contribution < -0.4 is 5.32 Å². The van der Waals surface area contributed by atoms with Crippen LogP contribution in [0, 0.1) is 0 Å². The molecule has 1 aromatic heterocycles. The lowest BCUT2D eigenvalue weighted by molar-refractivity contribution is 0.0949. The van der Waals surface area contributed by atoms with Gasteiger partial charge >= 0.3 is 0 Å². The van der Waals surface area contributed by atoms with E-state index in [-0.39, 0.29) is 5.91 Å². The average Bonchev–Trinajstić information content (AvgIpc) is 3.17. The fraction of sp³-hybridized carbons (Fsp3) is 0.250. The van der Waals surface area contributed by atoms with Crippen molar-refractivity contribution < 1.29 is 9.32 Å². The molecule has 4 nitrogen and oxygen atoms in total. The highest BCUT2D eigenvalue weighted by molar-refractivity contribution is 5.93. The smallest absolute Gasteiger partial charge is 0.273 e. The largest absolute Gasteiger partial charge is 0.355 e. The molecule has 3 rings (SSSR count). The van der Waals surface area contributed by atoms with Crippen molar-refractivity contribution >= 4 is 16.7 Å². The van der Waals surface area contributed by atoms with Crippen molar-refractivity contribution in [2.24, 2.45) is 0 Å². The summed E-state index contributed by atoms with van der Waals surface area (Å²) in [7, 11) is 0. The average molecular weight is 374 g/mol. The maximum Gasteiger partial charge on any atom is 0.273 e. The summed E-state index contributed by atoms with van der Waals surface area (Å²) in [6.45, 7) is 6.77. The van der Waals surface area contributed by atoms with E-state index in [9.17, 15) is 4.79 Å². The molecular formula is C24H26N2O2. The molecule has 0 bridgehead atoms. The first-order valence-electron chi connectivity index (χ1n) is 9.56. The molecule has 0 fully saturated rings. The summed E-state index contributed by atoms with van der Waals surface area (Å²) in [5.41, 5.74) is 3.78. The van der Waals surface area contributed by atoms with Crippen molar-refractivity contribution in [3.63, 3.8) is 0 Å². The van der Waals surface area contributed by atoms with Gasteiger partial charge in [0.25, 0.3) is 5.91 Å². The topological polar surface area (TPSA) is 55.1 Å². The molecule has 3 aromatic rings. The van der Waals surface area contributed by atoms with E-state index in [0.29, 0.717) is 18.0 Å². The van der Waals surface area contributed by atoms with Crippen LogP contribution in [0.5, 0.6) is 0 Å². The number of hydrogen-bond donors (Lipinski definition) is 1. The number of benzene rings is 2. The summed E-state index contributed by atoms with van der Waals surface area (Å²) in [6.07, 6.45) is 6.29. The van der Waals surface area contributed by atoms with Crippen LogP contribution in [0.25, 0.3) is 22.1 Å². The molecule has 0 aliphatic carbocycles. The minimum atomic E-state index is -0.232. The van der Waals surface area contributed by atoms with Gasteiger partial charge in [0.2, 0.25) is 0 Å². The fourth-order valence-electron chi connectivity index (χ4n) is 2.96.